The molecule has 0 aromatic rings. The summed E-state index contributed by atoms with van der Waals surface area (Å²) >= 11 is 0. The zero-order valence-electron chi connectivity index (χ0n) is 12.0. The first-order chi connectivity index (χ1) is 7.22. The molecule has 0 spiro atoms. The molecule has 0 aliphatic carbocycles. The van der Waals surface area contributed by atoms with Gasteiger partial charge in [0, 0.05) is 23.8 Å². The molecule has 16 heavy (non-hydrogen) atoms. The number of piperidine rings is 1. The lowest BCUT2D eigenvalue weighted by Crippen LogP contribution is -2.56. The van der Waals surface area contributed by atoms with Crippen LogP contribution in [-0.2, 0) is 4.52 Å². The van der Waals surface area contributed by atoms with Crippen LogP contribution in [0.15, 0.2) is 0 Å². The molecule has 2 nitrogen and oxygen atoms in total. The van der Waals surface area contributed by atoms with Gasteiger partial charge in [0.05, 0.1) is 0 Å². The van der Waals surface area contributed by atoms with Crippen molar-refractivity contribution in [1.29, 1.82) is 0 Å². The van der Waals surface area contributed by atoms with Crippen molar-refractivity contribution in [2.75, 3.05) is 7.11 Å². The molecule has 0 aromatic carbocycles. The molecule has 0 amide bonds. The first kappa shape index (κ1) is 14.4. The van der Waals surface area contributed by atoms with E-state index >= 15 is 0 Å². The van der Waals surface area contributed by atoms with E-state index in [1.54, 1.807) is 0 Å². The van der Waals surface area contributed by atoms with E-state index in [-0.39, 0.29) is 11.1 Å². The first-order valence-corrected chi connectivity index (χ1v) is 7.64. The molecule has 0 N–H and O–H groups in total. The quantitative estimate of drug-likeness (QED) is 0.683. The van der Waals surface area contributed by atoms with Gasteiger partial charge in [0.1, 0.15) is 8.30 Å². The highest BCUT2D eigenvalue weighted by atomic mass is 31.2. The molecule has 1 heterocycles. The molecule has 1 aliphatic rings. The molecule has 96 valence electrons. The molecule has 1 unspecified atom stereocenters. The second-order valence-corrected chi connectivity index (χ2v) is 8.77. The molecule has 3 heteroatoms. The third kappa shape index (κ3) is 2.78. The Morgan fingerprint density at radius 2 is 1.50 bits per heavy atom. The van der Waals surface area contributed by atoms with Gasteiger partial charge in [0.15, 0.2) is 0 Å². The molecule has 1 rings (SSSR count). The second kappa shape index (κ2) is 4.92. The Kier molecular flexibility index (Phi) is 4.43. The van der Waals surface area contributed by atoms with Gasteiger partial charge in [-0.15, -0.1) is 0 Å². The molecule has 0 aromatic heterocycles. The summed E-state index contributed by atoms with van der Waals surface area (Å²) in [6.45, 7) is 14.0. The average molecular weight is 245 g/mol. The van der Waals surface area contributed by atoms with Gasteiger partial charge in [-0.05, 0) is 47.0 Å². The predicted octanol–water partition coefficient (Wildman–Crippen LogP) is 4.40. The summed E-state index contributed by atoms with van der Waals surface area (Å²) in [4.78, 5) is 0. The Bertz CT molecular complexity index is 222. The zero-order valence-corrected chi connectivity index (χ0v) is 12.9. The van der Waals surface area contributed by atoms with Crippen molar-refractivity contribution in [2.24, 2.45) is 0 Å². The van der Waals surface area contributed by atoms with Crippen LogP contribution in [0.4, 0.5) is 0 Å². The SMILES string of the molecule is COP(C(C)C)N1C(C)(C)CCCC1(C)C. The molecular formula is C13H28NOP. The Labute approximate surface area is 103 Å². The van der Waals surface area contributed by atoms with Gasteiger partial charge in [-0.1, -0.05) is 13.8 Å². The van der Waals surface area contributed by atoms with Crippen molar-refractivity contribution in [3.63, 3.8) is 0 Å². The highest BCUT2D eigenvalue weighted by Crippen LogP contribution is 2.57. The Hall–Kier alpha value is 0.350. The maximum Gasteiger partial charge on any atom is 0.107 e. The average Bonchev–Trinajstić information content (AvgIpc) is 2.09. The molecule has 0 bridgehead atoms. The van der Waals surface area contributed by atoms with Crippen LogP contribution < -0.4 is 0 Å². The summed E-state index contributed by atoms with van der Waals surface area (Å²) in [7, 11) is 1.39. The van der Waals surface area contributed by atoms with E-state index in [2.05, 4.69) is 46.2 Å². The molecule has 1 aliphatic heterocycles. The van der Waals surface area contributed by atoms with Gasteiger partial charge < -0.3 is 4.52 Å². The fourth-order valence-electron chi connectivity index (χ4n) is 3.04. The first-order valence-electron chi connectivity index (χ1n) is 6.36. The molecule has 0 radical (unpaired) electrons. The summed E-state index contributed by atoms with van der Waals surface area (Å²) in [5.41, 5.74) is 1.14. The summed E-state index contributed by atoms with van der Waals surface area (Å²) < 4.78 is 8.47. The smallest absolute Gasteiger partial charge is 0.107 e. The minimum atomic E-state index is -0.478. The number of rotatable bonds is 3. The van der Waals surface area contributed by atoms with Crippen LogP contribution in [0.1, 0.15) is 60.8 Å². The van der Waals surface area contributed by atoms with Gasteiger partial charge >= 0.3 is 0 Å². The van der Waals surface area contributed by atoms with Crippen molar-refractivity contribution >= 4 is 8.30 Å². The lowest BCUT2D eigenvalue weighted by atomic mass is 9.83. The predicted molar refractivity (Wildman–Crippen MR) is 72.9 cm³/mol. The fourth-order valence-corrected chi connectivity index (χ4v) is 5.36. The molecule has 1 atom stereocenters. The fraction of sp³-hybridized carbons (Fsp3) is 1.00. The zero-order chi connectivity index (χ0) is 12.6. The van der Waals surface area contributed by atoms with Crippen LogP contribution in [0.25, 0.3) is 0 Å². The van der Waals surface area contributed by atoms with Gasteiger partial charge in [0.2, 0.25) is 0 Å². The lowest BCUT2D eigenvalue weighted by molar-refractivity contribution is 0.0485. The molecule has 1 fully saturated rings. The molecule has 0 saturated carbocycles. The minimum Gasteiger partial charge on any atom is -0.346 e. The maximum atomic E-state index is 5.81. The van der Waals surface area contributed by atoms with E-state index in [0.29, 0.717) is 5.66 Å². The minimum absolute atomic E-state index is 0.272. The maximum absolute atomic E-state index is 5.81. The summed E-state index contributed by atoms with van der Waals surface area (Å²) in [6, 6.07) is 0. The largest absolute Gasteiger partial charge is 0.346 e. The highest BCUT2D eigenvalue weighted by Gasteiger charge is 2.46. The van der Waals surface area contributed by atoms with Crippen LogP contribution in [0.5, 0.6) is 0 Å². The number of hydrogen-bond acceptors (Lipinski definition) is 2. The van der Waals surface area contributed by atoms with Crippen LogP contribution in [-0.4, -0.2) is 28.5 Å². The Morgan fingerprint density at radius 1 is 1.06 bits per heavy atom. The number of nitrogens with zero attached hydrogens (tertiary/aromatic N) is 1. The third-order valence-corrected chi connectivity index (χ3v) is 6.28. The molecule has 1 saturated heterocycles. The van der Waals surface area contributed by atoms with Crippen LogP contribution >= 0.6 is 8.30 Å². The van der Waals surface area contributed by atoms with Gasteiger partial charge in [-0.25, -0.2) is 4.67 Å². The van der Waals surface area contributed by atoms with Gasteiger partial charge in [-0.2, -0.15) is 0 Å². The number of hydrogen-bond donors (Lipinski definition) is 0. The normalized spacial score (nSPS) is 27.0. The van der Waals surface area contributed by atoms with E-state index in [1.807, 2.05) is 7.11 Å². The summed E-state index contributed by atoms with van der Waals surface area (Å²) in [6.07, 6.45) is 3.90. The van der Waals surface area contributed by atoms with Crippen molar-refractivity contribution in [3.05, 3.63) is 0 Å². The molecular weight excluding hydrogens is 217 g/mol. The van der Waals surface area contributed by atoms with E-state index in [4.69, 9.17) is 4.52 Å². The third-order valence-electron chi connectivity index (χ3n) is 3.55. The van der Waals surface area contributed by atoms with Crippen molar-refractivity contribution in [3.8, 4) is 0 Å². The van der Waals surface area contributed by atoms with Crippen molar-refractivity contribution in [2.45, 2.75) is 77.5 Å². The van der Waals surface area contributed by atoms with E-state index in [9.17, 15) is 0 Å². The van der Waals surface area contributed by atoms with Crippen LogP contribution in [0, 0.1) is 0 Å². The topological polar surface area (TPSA) is 12.5 Å². The second-order valence-electron chi connectivity index (χ2n) is 6.37. The van der Waals surface area contributed by atoms with Crippen LogP contribution in [0.2, 0.25) is 0 Å². The lowest BCUT2D eigenvalue weighted by Gasteiger charge is -2.56. The van der Waals surface area contributed by atoms with E-state index in [0.717, 1.165) is 0 Å². The van der Waals surface area contributed by atoms with Crippen LogP contribution in [0.3, 0.4) is 0 Å². The van der Waals surface area contributed by atoms with E-state index in [1.165, 1.54) is 19.3 Å². The standard InChI is InChI=1S/C13H28NOP/c1-11(2)16(15-7)14-12(3,4)9-8-10-13(14,5)6/h11H,8-10H2,1-7H3. The van der Waals surface area contributed by atoms with Crippen molar-refractivity contribution < 1.29 is 4.52 Å². The summed E-state index contributed by atoms with van der Waals surface area (Å²) in [5.74, 6) is 0. The monoisotopic (exact) mass is 245 g/mol. The Morgan fingerprint density at radius 3 is 1.81 bits per heavy atom. The van der Waals surface area contributed by atoms with Crippen molar-refractivity contribution in [1.82, 2.24) is 4.67 Å². The van der Waals surface area contributed by atoms with E-state index < -0.39 is 8.30 Å². The highest BCUT2D eigenvalue weighted by molar-refractivity contribution is 7.50. The van der Waals surface area contributed by atoms with Gasteiger partial charge in [-0.3, -0.25) is 0 Å². The Balaban J connectivity index is 3.01. The van der Waals surface area contributed by atoms with Gasteiger partial charge in [0.25, 0.3) is 0 Å². The summed E-state index contributed by atoms with van der Waals surface area (Å²) in [5, 5.41) is 0.